The molecule has 1 aliphatic carbocycles. The van der Waals surface area contributed by atoms with Crippen molar-refractivity contribution in [2.24, 2.45) is 16.2 Å². The highest BCUT2D eigenvalue weighted by molar-refractivity contribution is 6.04. The highest BCUT2D eigenvalue weighted by atomic mass is 16.5. The van der Waals surface area contributed by atoms with Crippen LogP contribution in [0.4, 0.5) is 5.69 Å². The second-order valence-corrected chi connectivity index (χ2v) is 15.3. The Morgan fingerprint density at radius 1 is 0.800 bits per heavy atom. The molecular weight excluding hydrogens is 552 g/mol. The quantitative estimate of drug-likeness (QED) is 0.198. The summed E-state index contributed by atoms with van der Waals surface area (Å²) in [5.74, 6) is -0.108. The van der Waals surface area contributed by atoms with Crippen molar-refractivity contribution >= 4 is 22.9 Å². The summed E-state index contributed by atoms with van der Waals surface area (Å²) in [6, 6.07) is 13.6. The normalized spacial score (nSPS) is 14.8. The molecule has 2 aromatic rings. The van der Waals surface area contributed by atoms with Crippen LogP contribution in [-0.4, -0.2) is 49.5 Å². The molecule has 1 aliphatic rings. The van der Waals surface area contributed by atoms with Crippen molar-refractivity contribution in [2.45, 2.75) is 89.5 Å². The van der Waals surface area contributed by atoms with Crippen LogP contribution in [0.2, 0.25) is 0 Å². The lowest BCUT2D eigenvalue weighted by Crippen LogP contribution is -2.44. The van der Waals surface area contributed by atoms with Crippen molar-refractivity contribution in [3.8, 4) is 0 Å². The van der Waals surface area contributed by atoms with Gasteiger partial charge in [0.2, 0.25) is 0 Å². The van der Waals surface area contributed by atoms with Crippen molar-refractivity contribution in [2.75, 3.05) is 38.2 Å². The largest absolute Gasteiger partial charge is 0.459 e. The van der Waals surface area contributed by atoms with E-state index in [1.807, 2.05) is 0 Å². The molecule has 1 unspecified atom stereocenters. The van der Waals surface area contributed by atoms with Gasteiger partial charge in [-0.25, -0.2) is 4.58 Å². The molecule has 4 heteroatoms. The molecule has 1 atom stereocenters. The zero-order chi connectivity index (χ0) is 33.7. The number of hydrogen-bond acceptors (Lipinski definition) is 3. The lowest BCUT2D eigenvalue weighted by atomic mass is 9.61. The monoisotopic (exact) mass is 611 g/mol. The van der Waals surface area contributed by atoms with Crippen LogP contribution in [0, 0.1) is 37.0 Å². The molecule has 3 rings (SSSR count). The van der Waals surface area contributed by atoms with E-state index in [4.69, 9.17) is 4.74 Å². The summed E-state index contributed by atoms with van der Waals surface area (Å²) in [4.78, 5) is 15.8. The fourth-order valence-electron chi connectivity index (χ4n) is 6.41. The summed E-state index contributed by atoms with van der Waals surface area (Å²) < 4.78 is 8.10. The fourth-order valence-corrected chi connectivity index (χ4v) is 6.41. The van der Waals surface area contributed by atoms with Gasteiger partial charge in [0, 0.05) is 30.9 Å². The maximum Gasteiger partial charge on any atom is 0.312 e. The van der Waals surface area contributed by atoms with Crippen LogP contribution in [0.3, 0.4) is 0 Å². The van der Waals surface area contributed by atoms with Crippen molar-refractivity contribution < 1.29 is 14.1 Å². The molecule has 0 bridgehead atoms. The number of hydrogen-bond donors (Lipinski definition) is 0. The van der Waals surface area contributed by atoms with Crippen LogP contribution in [0.15, 0.2) is 66.3 Å². The average Bonchev–Trinajstić information content (AvgIpc) is 2.94. The van der Waals surface area contributed by atoms with E-state index >= 15 is 0 Å². The molecule has 0 saturated carbocycles. The van der Waals surface area contributed by atoms with Gasteiger partial charge in [-0.15, -0.1) is 0 Å². The standard InChI is InChI=1S/C41H59N2O2/c1-14-43(15-2)34-21-23-36(31(5)27-34)37(35-22-16-29(3)26-30(35)4)32-17-19-33(20-18-32)42(13)24-25-45-38(44)41(12,40(9,10)11)28-39(6,7)8/h16-23,26-27H,14-15,24-25,28H2,1-13H3/q+1. The number of likely N-dealkylation sites (N-methyl/N-ethyl adjacent to an activating group) is 1. The Morgan fingerprint density at radius 3 is 1.84 bits per heavy atom. The van der Waals surface area contributed by atoms with Gasteiger partial charge in [-0.3, -0.25) is 4.79 Å². The first kappa shape index (κ1) is 36.1. The Morgan fingerprint density at radius 2 is 1.36 bits per heavy atom. The van der Waals surface area contributed by atoms with Gasteiger partial charge in [0.15, 0.2) is 12.3 Å². The number of aryl methyl sites for hydroxylation is 3. The molecule has 0 heterocycles. The summed E-state index contributed by atoms with van der Waals surface area (Å²) in [7, 11) is 2.06. The predicted octanol–water partition coefficient (Wildman–Crippen LogP) is 9.50. The lowest BCUT2D eigenvalue weighted by Gasteiger charge is -2.43. The molecule has 0 fully saturated rings. The minimum Gasteiger partial charge on any atom is -0.459 e. The van der Waals surface area contributed by atoms with Crippen LogP contribution >= 0.6 is 0 Å². The number of esters is 1. The molecule has 0 radical (unpaired) electrons. The van der Waals surface area contributed by atoms with Crippen LogP contribution in [0.5, 0.6) is 0 Å². The van der Waals surface area contributed by atoms with Crippen LogP contribution in [0.1, 0.15) is 96.6 Å². The summed E-state index contributed by atoms with van der Waals surface area (Å²) in [5, 5.41) is 0. The maximum absolute atomic E-state index is 13.4. The van der Waals surface area contributed by atoms with Crippen molar-refractivity contribution in [1.82, 2.24) is 0 Å². The van der Waals surface area contributed by atoms with E-state index in [1.54, 1.807) is 0 Å². The Balaban J connectivity index is 1.91. The first-order chi connectivity index (χ1) is 20.9. The third-order valence-corrected chi connectivity index (χ3v) is 9.51. The average molecular weight is 612 g/mol. The summed E-state index contributed by atoms with van der Waals surface area (Å²) in [6.07, 6.45) is 9.59. The molecule has 244 valence electrons. The van der Waals surface area contributed by atoms with E-state index in [0.717, 1.165) is 25.2 Å². The zero-order valence-corrected chi connectivity index (χ0v) is 30.5. The van der Waals surface area contributed by atoms with Crippen LogP contribution in [-0.2, 0) is 9.53 Å². The Hall–Kier alpha value is -3.40. The molecule has 2 aromatic carbocycles. The molecule has 0 aliphatic heterocycles. The number of benzene rings is 2. The SMILES string of the molecule is CCN(CC)c1ccc(C(=C2C=CC(=[N+](C)CCOC(=O)C(C)(CC(C)(C)C)C(C)(C)C)C=C2)c2ccc(C)cc2C)c(C)c1. The maximum atomic E-state index is 13.4. The molecule has 0 spiro atoms. The predicted molar refractivity (Wildman–Crippen MR) is 194 cm³/mol. The molecule has 0 saturated heterocycles. The van der Waals surface area contributed by atoms with Gasteiger partial charge in [-0.05, 0) is 116 Å². The van der Waals surface area contributed by atoms with E-state index in [2.05, 4.69) is 160 Å². The van der Waals surface area contributed by atoms with Crippen LogP contribution in [0.25, 0.3) is 5.57 Å². The minimum absolute atomic E-state index is 0.0263. The Bertz CT molecular complexity index is 1480. The van der Waals surface area contributed by atoms with Gasteiger partial charge in [0.05, 0.1) is 5.41 Å². The smallest absolute Gasteiger partial charge is 0.312 e. The van der Waals surface area contributed by atoms with Gasteiger partial charge in [-0.1, -0.05) is 71.4 Å². The molecule has 0 amide bonds. The second-order valence-electron chi connectivity index (χ2n) is 15.3. The van der Waals surface area contributed by atoms with E-state index in [1.165, 1.54) is 44.7 Å². The number of nitrogens with zero attached hydrogens (tertiary/aromatic N) is 2. The second kappa shape index (κ2) is 14.4. The zero-order valence-electron chi connectivity index (χ0n) is 30.5. The summed E-state index contributed by atoms with van der Waals surface area (Å²) in [5.41, 5.74) is 10.4. The van der Waals surface area contributed by atoms with Crippen molar-refractivity contribution in [1.29, 1.82) is 0 Å². The third kappa shape index (κ3) is 8.66. The molecule has 0 N–H and O–H groups in total. The molecule has 4 nitrogen and oxygen atoms in total. The number of rotatable bonds is 10. The number of ether oxygens (including phenoxy) is 1. The van der Waals surface area contributed by atoms with Crippen LogP contribution < -0.4 is 4.90 Å². The summed E-state index contributed by atoms with van der Waals surface area (Å²) >= 11 is 0. The highest BCUT2D eigenvalue weighted by Crippen LogP contribution is 2.47. The number of anilines is 1. The highest BCUT2D eigenvalue weighted by Gasteiger charge is 2.47. The lowest BCUT2D eigenvalue weighted by molar-refractivity contribution is -0.498. The van der Waals surface area contributed by atoms with Gasteiger partial charge in [0.1, 0.15) is 13.7 Å². The van der Waals surface area contributed by atoms with Crippen molar-refractivity contribution in [3.63, 3.8) is 0 Å². The fraction of sp³-hybridized carbons (Fsp3) is 0.512. The van der Waals surface area contributed by atoms with E-state index in [9.17, 15) is 4.79 Å². The first-order valence-electron chi connectivity index (χ1n) is 16.7. The van der Waals surface area contributed by atoms with Gasteiger partial charge in [-0.2, -0.15) is 0 Å². The molecule has 45 heavy (non-hydrogen) atoms. The van der Waals surface area contributed by atoms with E-state index in [0.29, 0.717) is 13.2 Å². The Labute approximate surface area is 274 Å². The van der Waals surface area contributed by atoms with E-state index < -0.39 is 5.41 Å². The minimum atomic E-state index is -0.562. The molecule has 0 aromatic heterocycles. The number of carbonyl (C=O) groups is 1. The first-order valence-corrected chi connectivity index (χ1v) is 16.7. The van der Waals surface area contributed by atoms with Crippen molar-refractivity contribution in [3.05, 3.63) is 94.1 Å². The van der Waals surface area contributed by atoms with Gasteiger partial charge in [0.25, 0.3) is 0 Å². The number of carbonyl (C=O) groups excluding carboxylic acids is 1. The topological polar surface area (TPSA) is 32.5 Å². The Kier molecular flexibility index (Phi) is 11.5. The summed E-state index contributed by atoms with van der Waals surface area (Å²) in [6.45, 7) is 29.0. The molecular formula is C41H59N2O2+. The third-order valence-electron chi connectivity index (χ3n) is 9.51. The number of allylic oxidation sites excluding steroid dienone is 5. The van der Waals surface area contributed by atoms with E-state index in [-0.39, 0.29) is 16.8 Å². The van der Waals surface area contributed by atoms with Gasteiger partial charge >= 0.3 is 5.97 Å². The van der Waals surface area contributed by atoms with Gasteiger partial charge < -0.3 is 9.64 Å².